The average Bonchev–Trinajstić information content (AvgIpc) is 2.96. The number of allylic oxidation sites excluding steroid dienone is 3. The van der Waals surface area contributed by atoms with Gasteiger partial charge < -0.3 is 19.5 Å². The van der Waals surface area contributed by atoms with Crippen LogP contribution < -0.4 is 14.8 Å². The van der Waals surface area contributed by atoms with Gasteiger partial charge >= 0.3 is 5.97 Å². The molecule has 5 rings (SSSR count). The number of benzene rings is 2. The molecule has 3 aliphatic rings. The minimum absolute atomic E-state index is 0.0488. The van der Waals surface area contributed by atoms with Gasteiger partial charge in [-0.2, -0.15) is 0 Å². The maximum Gasteiger partial charge on any atom is 0.337 e. The lowest BCUT2D eigenvalue weighted by molar-refractivity contribution is -0.385. The first-order valence-electron chi connectivity index (χ1n) is 14.1. The van der Waals surface area contributed by atoms with E-state index in [4.69, 9.17) is 14.2 Å². The van der Waals surface area contributed by atoms with Crippen LogP contribution in [0, 0.1) is 17.0 Å². The Bertz CT molecular complexity index is 1450. The lowest BCUT2D eigenvalue weighted by atomic mass is 9.71. The topological polar surface area (TPSA) is 117 Å². The highest BCUT2D eigenvalue weighted by molar-refractivity contribution is 6.04. The van der Waals surface area contributed by atoms with Gasteiger partial charge in [-0.1, -0.05) is 24.6 Å². The number of methoxy groups -OCH3 is 2. The highest BCUT2D eigenvalue weighted by atomic mass is 16.6. The average molecular weight is 561 g/mol. The van der Waals surface area contributed by atoms with Crippen molar-refractivity contribution in [2.75, 3.05) is 14.2 Å². The van der Waals surface area contributed by atoms with E-state index in [-0.39, 0.29) is 29.9 Å². The van der Waals surface area contributed by atoms with Crippen molar-refractivity contribution >= 4 is 17.4 Å². The SMILES string of the molecule is COc1ccc([C@H]2CC(=O)C3=C(C2)NC(C)=C(C(=O)OC2CCCCC2)[C@@H]3c2ccc(C)c([N+](=O)[O-])c2)cc1OC. The first-order valence-corrected chi connectivity index (χ1v) is 14.1. The number of aryl methyl sites for hydroxylation is 1. The van der Waals surface area contributed by atoms with Crippen molar-refractivity contribution in [3.63, 3.8) is 0 Å². The third kappa shape index (κ3) is 5.58. The summed E-state index contributed by atoms with van der Waals surface area (Å²) in [6.07, 6.45) is 5.35. The van der Waals surface area contributed by atoms with Crippen LogP contribution in [0.4, 0.5) is 5.69 Å². The minimum Gasteiger partial charge on any atom is -0.493 e. The summed E-state index contributed by atoms with van der Waals surface area (Å²) in [6, 6.07) is 10.6. The first-order chi connectivity index (χ1) is 19.7. The van der Waals surface area contributed by atoms with E-state index in [1.807, 2.05) is 18.2 Å². The van der Waals surface area contributed by atoms with Gasteiger partial charge in [0.1, 0.15) is 6.10 Å². The van der Waals surface area contributed by atoms with Crippen LogP contribution in [0.2, 0.25) is 0 Å². The Kier molecular flexibility index (Phi) is 8.15. The number of nitro groups is 1. The molecule has 0 bridgehead atoms. The lowest BCUT2D eigenvalue weighted by Crippen LogP contribution is -2.37. The van der Waals surface area contributed by atoms with E-state index in [1.54, 1.807) is 40.2 Å². The van der Waals surface area contributed by atoms with Crippen LogP contribution in [0.3, 0.4) is 0 Å². The number of carbonyl (C=O) groups excluding carboxylic acids is 2. The number of nitrogens with zero attached hydrogens (tertiary/aromatic N) is 1. The van der Waals surface area contributed by atoms with E-state index in [9.17, 15) is 19.7 Å². The van der Waals surface area contributed by atoms with Crippen LogP contribution in [0.15, 0.2) is 58.9 Å². The summed E-state index contributed by atoms with van der Waals surface area (Å²) in [6.45, 7) is 3.48. The lowest BCUT2D eigenvalue weighted by Gasteiger charge is -2.37. The Morgan fingerprint density at radius 1 is 0.951 bits per heavy atom. The van der Waals surface area contributed by atoms with Gasteiger partial charge in [0.05, 0.1) is 24.7 Å². The van der Waals surface area contributed by atoms with Gasteiger partial charge in [0.2, 0.25) is 0 Å². The Labute approximate surface area is 239 Å². The first kappa shape index (κ1) is 28.4. The summed E-state index contributed by atoms with van der Waals surface area (Å²) < 4.78 is 16.8. The predicted octanol–water partition coefficient (Wildman–Crippen LogP) is 6.16. The maximum absolute atomic E-state index is 14.0. The maximum atomic E-state index is 14.0. The smallest absolute Gasteiger partial charge is 0.337 e. The molecule has 0 spiro atoms. The van der Waals surface area contributed by atoms with Gasteiger partial charge in [-0.15, -0.1) is 0 Å². The molecule has 1 saturated carbocycles. The van der Waals surface area contributed by atoms with Crippen LogP contribution in [-0.2, 0) is 14.3 Å². The number of ketones is 1. The zero-order chi connectivity index (χ0) is 29.3. The fourth-order valence-electron chi connectivity index (χ4n) is 6.39. The second kappa shape index (κ2) is 11.8. The second-order valence-corrected chi connectivity index (χ2v) is 11.1. The van der Waals surface area contributed by atoms with Crippen LogP contribution in [0.1, 0.15) is 80.4 Å². The molecule has 1 heterocycles. The molecule has 1 fully saturated rings. The highest BCUT2D eigenvalue weighted by Crippen LogP contribution is 2.47. The fourth-order valence-corrected chi connectivity index (χ4v) is 6.39. The van der Waals surface area contributed by atoms with Crippen LogP contribution >= 0.6 is 0 Å². The zero-order valence-electron chi connectivity index (χ0n) is 24.0. The number of dihydropyridines is 1. The quantitative estimate of drug-likeness (QED) is 0.243. The molecule has 0 aromatic heterocycles. The molecule has 41 heavy (non-hydrogen) atoms. The third-order valence-electron chi connectivity index (χ3n) is 8.52. The summed E-state index contributed by atoms with van der Waals surface area (Å²) in [5.74, 6) is -0.276. The largest absolute Gasteiger partial charge is 0.493 e. The molecule has 216 valence electrons. The number of rotatable bonds is 7. The van der Waals surface area contributed by atoms with Crippen LogP contribution in [-0.4, -0.2) is 37.0 Å². The van der Waals surface area contributed by atoms with Crippen molar-refractivity contribution in [3.05, 3.63) is 85.7 Å². The van der Waals surface area contributed by atoms with Gasteiger partial charge in [0.25, 0.3) is 5.69 Å². The van der Waals surface area contributed by atoms with Gasteiger partial charge in [-0.25, -0.2) is 4.79 Å². The van der Waals surface area contributed by atoms with Crippen molar-refractivity contribution in [3.8, 4) is 11.5 Å². The van der Waals surface area contributed by atoms with E-state index in [2.05, 4.69) is 5.32 Å². The summed E-state index contributed by atoms with van der Waals surface area (Å²) in [5, 5.41) is 15.2. The number of nitro benzene ring substituents is 1. The molecule has 0 radical (unpaired) electrons. The zero-order valence-corrected chi connectivity index (χ0v) is 24.0. The fraction of sp³-hybridized carbons (Fsp3) is 0.438. The highest BCUT2D eigenvalue weighted by Gasteiger charge is 2.42. The summed E-state index contributed by atoms with van der Waals surface area (Å²) in [5.41, 5.74) is 4.07. The number of hydrogen-bond acceptors (Lipinski definition) is 8. The molecule has 1 aliphatic heterocycles. The number of ether oxygens (including phenoxy) is 3. The molecule has 0 unspecified atom stereocenters. The predicted molar refractivity (Wildman–Crippen MR) is 153 cm³/mol. The van der Waals surface area contributed by atoms with E-state index < -0.39 is 16.8 Å². The van der Waals surface area contributed by atoms with E-state index in [1.165, 1.54) is 6.07 Å². The summed E-state index contributed by atoms with van der Waals surface area (Å²) in [7, 11) is 3.15. The van der Waals surface area contributed by atoms with Crippen molar-refractivity contribution in [2.45, 2.75) is 76.7 Å². The van der Waals surface area contributed by atoms with E-state index in [0.29, 0.717) is 45.9 Å². The Hall–Kier alpha value is -4.14. The van der Waals surface area contributed by atoms with Gasteiger partial charge in [-0.3, -0.25) is 14.9 Å². The normalized spacial score (nSPS) is 21.2. The summed E-state index contributed by atoms with van der Waals surface area (Å²) in [4.78, 5) is 39.1. The minimum atomic E-state index is -0.763. The van der Waals surface area contributed by atoms with Gasteiger partial charge in [0, 0.05) is 40.9 Å². The molecule has 0 amide bonds. The van der Waals surface area contributed by atoms with Gasteiger partial charge in [0.15, 0.2) is 17.3 Å². The molecule has 1 N–H and O–H groups in total. The van der Waals surface area contributed by atoms with E-state index >= 15 is 0 Å². The molecule has 0 saturated heterocycles. The molecule has 9 heteroatoms. The summed E-state index contributed by atoms with van der Waals surface area (Å²) >= 11 is 0. The Balaban J connectivity index is 1.56. The molecular formula is C32H36N2O7. The van der Waals surface area contributed by atoms with Gasteiger partial charge in [-0.05, 0) is 75.1 Å². The molecule has 2 atom stereocenters. The molecular weight excluding hydrogens is 524 g/mol. The number of Topliss-reactive ketones (excluding diaryl/α,β-unsaturated/α-hetero) is 1. The van der Waals surface area contributed by atoms with Crippen molar-refractivity contribution in [1.82, 2.24) is 5.32 Å². The van der Waals surface area contributed by atoms with E-state index in [0.717, 1.165) is 43.4 Å². The second-order valence-electron chi connectivity index (χ2n) is 11.1. The van der Waals surface area contributed by atoms with Crippen LogP contribution in [0.25, 0.3) is 0 Å². The van der Waals surface area contributed by atoms with Crippen molar-refractivity contribution in [1.29, 1.82) is 0 Å². The number of carbonyl (C=O) groups is 2. The third-order valence-corrected chi connectivity index (χ3v) is 8.52. The molecule has 2 aromatic rings. The Morgan fingerprint density at radius 3 is 2.34 bits per heavy atom. The molecule has 9 nitrogen and oxygen atoms in total. The number of hydrogen-bond donors (Lipinski definition) is 1. The molecule has 2 aliphatic carbocycles. The number of esters is 1. The molecule has 2 aromatic carbocycles. The standard InChI is InChI=1S/C32H36N2O7/c1-18-10-11-21(15-25(18)34(37)38)30-29(32(36)41-23-8-6-5-7-9-23)19(2)33-24-14-22(16-26(35)31(24)30)20-12-13-27(39-3)28(17-20)40-4/h10-13,15,17,22-23,30,33H,5-9,14,16H2,1-4H3/t22-,30+/m1/s1. The monoisotopic (exact) mass is 560 g/mol. The van der Waals surface area contributed by atoms with Crippen LogP contribution in [0.5, 0.6) is 11.5 Å². The van der Waals surface area contributed by atoms with Crippen molar-refractivity contribution < 1.29 is 28.7 Å². The Morgan fingerprint density at radius 2 is 1.66 bits per heavy atom. The number of nitrogens with one attached hydrogen (secondary N) is 1. The van der Waals surface area contributed by atoms with Crippen molar-refractivity contribution in [2.24, 2.45) is 0 Å².